The number of nitrogens with one attached hydrogen (secondary N) is 1. The standard InChI is InChI=1S/C14H14ClN3O3S2/c1-8(22-7-11(19)21-2)12(20)16-14-18-17-13(23-14)9-5-3-4-6-10(9)15/h3-6,8H,7H2,1-2H3,(H,16,18,20)/t8-/m0/s1. The Kier molecular flexibility index (Phi) is 6.37. The van der Waals surface area contributed by atoms with Crippen molar-refractivity contribution in [2.45, 2.75) is 12.2 Å². The van der Waals surface area contributed by atoms with Crippen molar-refractivity contribution < 1.29 is 14.3 Å². The third-order valence-corrected chi connectivity index (χ3v) is 5.13. The lowest BCUT2D eigenvalue weighted by atomic mass is 10.2. The van der Waals surface area contributed by atoms with E-state index in [1.54, 1.807) is 13.0 Å². The van der Waals surface area contributed by atoms with E-state index in [0.29, 0.717) is 15.2 Å². The van der Waals surface area contributed by atoms with Crippen LogP contribution in [0.1, 0.15) is 6.92 Å². The van der Waals surface area contributed by atoms with Crippen LogP contribution in [0.3, 0.4) is 0 Å². The molecule has 1 amide bonds. The zero-order chi connectivity index (χ0) is 16.8. The number of methoxy groups -OCH3 is 1. The quantitative estimate of drug-likeness (QED) is 0.786. The number of hydrogen-bond donors (Lipinski definition) is 1. The van der Waals surface area contributed by atoms with Gasteiger partial charge in [-0.1, -0.05) is 41.1 Å². The summed E-state index contributed by atoms with van der Waals surface area (Å²) in [6.07, 6.45) is 0. The summed E-state index contributed by atoms with van der Waals surface area (Å²) < 4.78 is 4.54. The van der Waals surface area contributed by atoms with Crippen molar-refractivity contribution in [1.82, 2.24) is 10.2 Å². The second-order valence-corrected chi connectivity index (χ2v) is 7.12. The van der Waals surface area contributed by atoms with Gasteiger partial charge in [-0.25, -0.2) is 0 Å². The molecule has 1 heterocycles. The van der Waals surface area contributed by atoms with Crippen LogP contribution in [0.2, 0.25) is 5.02 Å². The predicted octanol–water partition coefficient (Wildman–Crippen LogP) is 3.09. The summed E-state index contributed by atoms with van der Waals surface area (Å²) in [6.45, 7) is 1.71. The molecule has 0 unspecified atom stereocenters. The van der Waals surface area contributed by atoms with E-state index in [1.807, 2.05) is 18.2 Å². The van der Waals surface area contributed by atoms with Crippen molar-refractivity contribution in [3.05, 3.63) is 29.3 Å². The first-order chi connectivity index (χ1) is 11.0. The average molecular weight is 372 g/mol. The first kappa shape index (κ1) is 17.7. The van der Waals surface area contributed by atoms with Gasteiger partial charge in [0.15, 0.2) is 5.01 Å². The van der Waals surface area contributed by atoms with Crippen molar-refractivity contribution in [2.75, 3.05) is 18.2 Å². The van der Waals surface area contributed by atoms with E-state index in [1.165, 1.54) is 30.2 Å². The lowest BCUT2D eigenvalue weighted by molar-refractivity contribution is -0.137. The number of halogens is 1. The highest BCUT2D eigenvalue weighted by molar-refractivity contribution is 8.01. The third-order valence-electron chi connectivity index (χ3n) is 2.81. The van der Waals surface area contributed by atoms with Gasteiger partial charge in [0.1, 0.15) is 0 Å². The number of anilines is 1. The number of thioether (sulfide) groups is 1. The SMILES string of the molecule is COC(=O)CS[C@@H](C)C(=O)Nc1nnc(-c2ccccc2Cl)s1. The molecule has 0 radical (unpaired) electrons. The van der Waals surface area contributed by atoms with Gasteiger partial charge in [0.25, 0.3) is 0 Å². The molecule has 1 aromatic heterocycles. The van der Waals surface area contributed by atoms with Gasteiger partial charge in [0.05, 0.1) is 23.1 Å². The first-order valence-electron chi connectivity index (χ1n) is 6.59. The minimum absolute atomic E-state index is 0.117. The van der Waals surface area contributed by atoms with Crippen molar-refractivity contribution in [3.8, 4) is 10.6 Å². The van der Waals surface area contributed by atoms with Crippen LogP contribution < -0.4 is 5.32 Å². The maximum absolute atomic E-state index is 12.1. The van der Waals surface area contributed by atoms with Gasteiger partial charge in [-0.15, -0.1) is 22.0 Å². The van der Waals surface area contributed by atoms with Crippen LogP contribution in [-0.4, -0.2) is 40.2 Å². The minimum atomic E-state index is -0.415. The van der Waals surface area contributed by atoms with Crippen molar-refractivity contribution in [3.63, 3.8) is 0 Å². The number of nitrogens with zero attached hydrogens (tertiary/aromatic N) is 2. The van der Waals surface area contributed by atoms with Crippen LogP contribution in [0.5, 0.6) is 0 Å². The maximum Gasteiger partial charge on any atom is 0.315 e. The normalized spacial score (nSPS) is 11.8. The van der Waals surface area contributed by atoms with Gasteiger partial charge >= 0.3 is 5.97 Å². The molecule has 23 heavy (non-hydrogen) atoms. The van der Waals surface area contributed by atoms with Crippen LogP contribution >= 0.6 is 34.7 Å². The molecular formula is C14H14ClN3O3S2. The number of esters is 1. The van der Waals surface area contributed by atoms with Crippen LogP contribution in [0, 0.1) is 0 Å². The summed E-state index contributed by atoms with van der Waals surface area (Å²) in [4.78, 5) is 23.1. The largest absolute Gasteiger partial charge is 0.468 e. The van der Waals surface area contributed by atoms with E-state index < -0.39 is 5.25 Å². The van der Waals surface area contributed by atoms with E-state index in [2.05, 4.69) is 20.3 Å². The van der Waals surface area contributed by atoms with E-state index >= 15 is 0 Å². The van der Waals surface area contributed by atoms with E-state index in [-0.39, 0.29) is 17.6 Å². The molecule has 0 aliphatic carbocycles. The van der Waals surface area contributed by atoms with Crippen molar-refractivity contribution in [1.29, 1.82) is 0 Å². The number of amides is 1. The number of carbonyl (C=O) groups is 2. The molecule has 0 aliphatic rings. The summed E-state index contributed by atoms with van der Waals surface area (Å²) in [6, 6.07) is 7.29. The fraction of sp³-hybridized carbons (Fsp3) is 0.286. The molecule has 6 nitrogen and oxygen atoms in total. The highest BCUT2D eigenvalue weighted by Gasteiger charge is 2.18. The van der Waals surface area contributed by atoms with E-state index in [0.717, 1.165) is 5.56 Å². The molecule has 2 rings (SSSR count). The number of ether oxygens (including phenoxy) is 1. The van der Waals surface area contributed by atoms with Crippen molar-refractivity contribution >= 4 is 51.7 Å². The highest BCUT2D eigenvalue weighted by atomic mass is 35.5. The topological polar surface area (TPSA) is 81.2 Å². The predicted molar refractivity (Wildman–Crippen MR) is 92.9 cm³/mol. The average Bonchev–Trinajstić information content (AvgIpc) is 3.00. The van der Waals surface area contributed by atoms with Crippen LogP contribution in [0.4, 0.5) is 5.13 Å². The summed E-state index contributed by atoms with van der Waals surface area (Å²) in [5, 5.41) is 11.8. The molecule has 1 atom stereocenters. The maximum atomic E-state index is 12.1. The van der Waals surface area contributed by atoms with Gasteiger partial charge in [-0.2, -0.15) is 0 Å². The molecule has 9 heteroatoms. The zero-order valence-corrected chi connectivity index (χ0v) is 14.8. The zero-order valence-electron chi connectivity index (χ0n) is 12.4. The van der Waals surface area contributed by atoms with Crippen molar-refractivity contribution in [2.24, 2.45) is 0 Å². The molecule has 122 valence electrons. The number of rotatable bonds is 6. The Bertz CT molecular complexity index is 708. The Morgan fingerprint density at radius 2 is 2.13 bits per heavy atom. The third kappa shape index (κ3) is 4.92. The number of hydrogen-bond acceptors (Lipinski definition) is 7. The Morgan fingerprint density at radius 3 is 2.83 bits per heavy atom. The Morgan fingerprint density at radius 1 is 1.39 bits per heavy atom. The molecule has 0 bridgehead atoms. The van der Waals surface area contributed by atoms with Gasteiger partial charge in [0.2, 0.25) is 11.0 Å². The fourth-order valence-corrected chi connectivity index (χ4v) is 3.33. The summed E-state index contributed by atoms with van der Waals surface area (Å²) in [5.41, 5.74) is 0.764. The molecule has 1 N–H and O–H groups in total. The highest BCUT2D eigenvalue weighted by Crippen LogP contribution is 2.31. The van der Waals surface area contributed by atoms with Crippen LogP contribution in [0.25, 0.3) is 10.6 Å². The molecule has 0 spiro atoms. The fourth-order valence-electron chi connectivity index (χ4n) is 1.55. The minimum Gasteiger partial charge on any atom is -0.468 e. The molecule has 0 fully saturated rings. The van der Waals surface area contributed by atoms with E-state index in [9.17, 15) is 9.59 Å². The van der Waals surface area contributed by atoms with Gasteiger partial charge in [0, 0.05) is 5.56 Å². The molecule has 0 aliphatic heterocycles. The van der Waals surface area contributed by atoms with Gasteiger partial charge in [-0.3, -0.25) is 14.9 Å². The molecule has 0 saturated heterocycles. The smallest absolute Gasteiger partial charge is 0.315 e. The number of aromatic nitrogens is 2. The second-order valence-electron chi connectivity index (χ2n) is 4.41. The van der Waals surface area contributed by atoms with E-state index in [4.69, 9.17) is 11.6 Å². The Labute approximate surface area is 146 Å². The second kappa shape index (κ2) is 8.28. The van der Waals surface area contributed by atoms with Crippen LogP contribution in [0.15, 0.2) is 24.3 Å². The lowest BCUT2D eigenvalue weighted by Gasteiger charge is -2.08. The van der Waals surface area contributed by atoms with Gasteiger partial charge in [-0.05, 0) is 13.0 Å². The molecule has 2 aromatic rings. The molecular weight excluding hydrogens is 358 g/mol. The number of carbonyl (C=O) groups excluding carboxylic acids is 2. The lowest BCUT2D eigenvalue weighted by Crippen LogP contribution is -2.23. The number of benzene rings is 1. The monoisotopic (exact) mass is 371 g/mol. The summed E-state index contributed by atoms with van der Waals surface area (Å²) in [5.74, 6) is -0.501. The van der Waals surface area contributed by atoms with Crippen LogP contribution in [-0.2, 0) is 14.3 Å². The summed E-state index contributed by atoms with van der Waals surface area (Å²) in [7, 11) is 1.31. The molecule has 0 saturated carbocycles. The summed E-state index contributed by atoms with van der Waals surface area (Å²) >= 11 is 8.54. The Hall–Kier alpha value is -1.64. The van der Waals surface area contributed by atoms with Gasteiger partial charge < -0.3 is 4.74 Å². The Balaban J connectivity index is 1.97. The first-order valence-corrected chi connectivity index (χ1v) is 8.83. The molecule has 1 aromatic carbocycles.